The Bertz CT molecular complexity index is 802. The molecule has 0 spiro atoms. The molecule has 2 nitrogen and oxygen atoms in total. The lowest BCUT2D eigenvalue weighted by Gasteiger charge is -2.10. The van der Waals surface area contributed by atoms with Gasteiger partial charge in [0.2, 0.25) is 0 Å². The van der Waals surface area contributed by atoms with Gasteiger partial charge in [-0.2, -0.15) is 0 Å². The summed E-state index contributed by atoms with van der Waals surface area (Å²) in [6.07, 6.45) is 0. The minimum absolute atomic E-state index is 0.437. The maximum absolute atomic E-state index is 6.22. The van der Waals surface area contributed by atoms with Crippen molar-refractivity contribution in [3.63, 3.8) is 0 Å². The predicted molar refractivity (Wildman–Crippen MR) is 90.0 cm³/mol. The Hall–Kier alpha value is -0.680. The molecule has 0 atom stereocenters. The summed E-state index contributed by atoms with van der Waals surface area (Å²) in [7, 11) is 0. The van der Waals surface area contributed by atoms with Crippen LogP contribution in [0.2, 0.25) is 9.49 Å². The van der Waals surface area contributed by atoms with E-state index in [4.69, 9.17) is 23.2 Å². The zero-order valence-electron chi connectivity index (χ0n) is 10.7. The fourth-order valence-corrected chi connectivity index (χ4v) is 4.19. The lowest BCUT2D eigenvalue weighted by Crippen LogP contribution is -1.94. The number of benzene rings is 1. The Kier molecular flexibility index (Phi) is 3.75. The smallest absolute Gasteiger partial charge is 0.147 e. The summed E-state index contributed by atoms with van der Waals surface area (Å²) in [4.78, 5) is 0.977. The van der Waals surface area contributed by atoms with Gasteiger partial charge in [-0.1, -0.05) is 35.3 Å². The molecule has 2 heterocycles. The average Bonchev–Trinajstić information content (AvgIpc) is 2.74. The summed E-state index contributed by atoms with van der Waals surface area (Å²) in [6, 6.07) is 6.09. The van der Waals surface area contributed by atoms with Gasteiger partial charge < -0.3 is 0 Å². The molecule has 20 heavy (non-hydrogen) atoms. The normalized spacial score (nSPS) is 11.2. The van der Waals surface area contributed by atoms with Crippen LogP contribution >= 0.6 is 50.5 Å². The van der Waals surface area contributed by atoms with Crippen LogP contribution in [0.15, 0.2) is 22.7 Å². The summed E-state index contributed by atoms with van der Waals surface area (Å²) in [5.74, 6) is 0. The fraction of sp³-hybridized carbons (Fsp3) is 0.143. The first-order valence-corrected chi connectivity index (χ1v) is 8.23. The summed E-state index contributed by atoms with van der Waals surface area (Å²) in [5.41, 5.74) is 3.04. The van der Waals surface area contributed by atoms with Crippen LogP contribution in [-0.2, 0) is 0 Å². The van der Waals surface area contributed by atoms with Gasteiger partial charge in [0, 0.05) is 15.2 Å². The molecule has 0 radical (unpaired) electrons. The molecule has 6 heteroatoms. The van der Waals surface area contributed by atoms with Crippen LogP contribution in [0, 0.1) is 13.8 Å². The van der Waals surface area contributed by atoms with Crippen molar-refractivity contribution in [2.24, 2.45) is 0 Å². The Morgan fingerprint density at radius 1 is 1.05 bits per heavy atom. The number of nitrogens with zero attached hydrogens (tertiary/aromatic N) is 2. The molecule has 0 saturated carbocycles. The molecular weight excluding hydrogens is 379 g/mol. The molecule has 0 amide bonds. The van der Waals surface area contributed by atoms with Crippen molar-refractivity contribution < 1.29 is 0 Å². The highest BCUT2D eigenvalue weighted by molar-refractivity contribution is 9.10. The van der Waals surface area contributed by atoms with Crippen molar-refractivity contribution in [1.29, 1.82) is 0 Å². The summed E-state index contributed by atoms with van der Waals surface area (Å²) in [5, 5.41) is 10.8. The minimum atomic E-state index is 0.437. The van der Waals surface area contributed by atoms with Gasteiger partial charge in [-0.15, -0.1) is 21.5 Å². The third kappa shape index (κ3) is 2.25. The molecule has 0 bridgehead atoms. The van der Waals surface area contributed by atoms with Crippen LogP contribution in [0.4, 0.5) is 0 Å². The van der Waals surface area contributed by atoms with E-state index in [-0.39, 0.29) is 0 Å². The molecule has 3 rings (SSSR count). The van der Waals surface area contributed by atoms with Crippen molar-refractivity contribution in [2.45, 2.75) is 13.8 Å². The highest BCUT2D eigenvalue weighted by atomic mass is 79.9. The van der Waals surface area contributed by atoms with Crippen molar-refractivity contribution in [2.75, 3.05) is 0 Å². The van der Waals surface area contributed by atoms with Gasteiger partial charge in [-0.05, 0) is 47.0 Å². The third-order valence-corrected chi connectivity index (χ3v) is 5.93. The van der Waals surface area contributed by atoms with Crippen molar-refractivity contribution in [3.05, 3.63) is 43.3 Å². The van der Waals surface area contributed by atoms with E-state index in [1.165, 1.54) is 11.3 Å². The molecule has 0 aliphatic heterocycles. The monoisotopic (exact) mass is 386 g/mol. The quantitative estimate of drug-likeness (QED) is 0.508. The predicted octanol–water partition coefficient (Wildman–Crippen LogP) is 6.04. The number of hydrogen-bond donors (Lipinski definition) is 0. The van der Waals surface area contributed by atoms with E-state index in [0.29, 0.717) is 9.49 Å². The van der Waals surface area contributed by atoms with Crippen LogP contribution in [0.3, 0.4) is 0 Å². The number of aryl methyl sites for hydroxylation is 2. The molecular formula is C14H9BrCl2N2S. The van der Waals surface area contributed by atoms with Crippen molar-refractivity contribution >= 4 is 61.2 Å². The van der Waals surface area contributed by atoms with E-state index in [9.17, 15) is 0 Å². The third-order valence-electron chi connectivity index (χ3n) is 3.18. The summed E-state index contributed by atoms with van der Waals surface area (Å²) in [6.45, 7) is 4.07. The molecule has 0 unspecified atom stereocenters. The molecule has 0 saturated heterocycles. The van der Waals surface area contributed by atoms with Gasteiger partial charge >= 0.3 is 0 Å². The number of hydrogen-bond acceptors (Lipinski definition) is 3. The minimum Gasteiger partial charge on any atom is -0.147 e. The van der Waals surface area contributed by atoms with E-state index < -0.39 is 0 Å². The van der Waals surface area contributed by atoms with Gasteiger partial charge in [0.25, 0.3) is 0 Å². The number of rotatable bonds is 1. The standard InChI is InChI=1S/C14H9BrCl2N2S/c1-6-3-4-7(2)11-10(6)12(18-19-13(11)16)9-5-8(15)14(17)20-9/h3-5H,1-2H3. The number of thiophene rings is 1. The SMILES string of the molecule is Cc1ccc(C)c2c(-c3cc(Br)c(Cl)s3)nnc(Cl)c12. The van der Waals surface area contributed by atoms with Crippen LogP contribution in [-0.4, -0.2) is 10.2 Å². The molecule has 0 N–H and O–H groups in total. The second kappa shape index (κ2) is 5.26. The first kappa shape index (κ1) is 14.3. The topological polar surface area (TPSA) is 25.8 Å². The molecule has 102 valence electrons. The van der Waals surface area contributed by atoms with E-state index in [2.05, 4.69) is 32.2 Å². The second-order valence-corrected chi connectivity index (χ2v) is 7.39. The first-order valence-electron chi connectivity index (χ1n) is 5.86. The highest BCUT2D eigenvalue weighted by Crippen LogP contribution is 2.41. The van der Waals surface area contributed by atoms with Gasteiger partial charge in [0.1, 0.15) is 10.0 Å². The second-order valence-electron chi connectivity index (χ2n) is 4.52. The van der Waals surface area contributed by atoms with Crippen LogP contribution in [0.25, 0.3) is 21.3 Å². The van der Waals surface area contributed by atoms with E-state index in [1.807, 2.05) is 26.0 Å². The van der Waals surface area contributed by atoms with E-state index in [1.54, 1.807) is 0 Å². The Morgan fingerprint density at radius 2 is 1.70 bits per heavy atom. The first-order chi connectivity index (χ1) is 9.49. The van der Waals surface area contributed by atoms with Gasteiger partial charge in [0.15, 0.2) is 5.15 Å². The zero-order valence-corrected chi connectivity index (χ0v) is 14.6. The maximum atomic E-state index is 6.22. The van der Waals surface area contributed by atoms with Crippen LogP contribution in [0.1, 0.15) is 11.1 Å². The lowest BCUT2D eigenvalue weighted by atomic mass is 10.0. The molecule has 3 aromatic rings. The van der Waals surface area contributed by atoms with Gasteiger partial charge in [0.05, 0.1) is 4.88 Å². The maximum Gasteiger partial charge on any atom is 0.159 e. The summed E-state index contributed by atoms with van der Waals surface area (Å²) < 4.78 is 1.57. The fourth-order valence-electron chi connectivity index (χ4n) is 2.21. The van der Waals surface area contributed by atoms with E-state index in [0.717, 1.165) is 36.9 Å². The van der Waals surface area contributed by atoms with Crippen LogP contribution in [0.5, 0.6) is 0 Å². The highest BCUT2D eigenvalue weighted by Gasteiger charge is 2.16. The molecule has 0 aliphatic carbocycles. The van der Waals surface area contributed by atoms with Gasteiger partial charge in [-0.3, -0.25) is 0 Å². The lowest BCUT2D eigenvalue weighted by molar-refractivity contribution is 1.06. The number of halogens is 3. The largest absolute Gasteiger partial charge is 0.159 e. The number of aromatic nitrogens is 2. The molecule has 0 fully saturated rings. The van der Waals surface area contributed by atoms with Crippen molar-refractivity contribution in [1.82, 2.24) is 10.2 Å². The molecule has 2 aromatic heterocycles. The van der Waals surface area contributed by atoms with Gasteiger partial charge in [-0.25, -0.2) is 0 Å². The molecule has 1 aromatic carbocycles. The Morgan fingerprint density at radius 3 is 2.30 bits per heavy atom. The molecule has 0 aliphatic rings. The van der Waals surface area contributed by atoms with Crippen molar-refractivity contribution in [3.8, 4) is 10.6 Å². The van der Waals surface area contributed by atoms with E-state index >= 15 is 0 Å². The van der Waals surface area contributed by atoms with Crippen LogP contribution < -0.4 is 0 Å². The number of fused-ring (bicyclic) bond motifs is 1. The summed E-state index contributed by atoms with van der Waals surface area (Å²) >= 11 is 17.3. The Labute approximate surface area is 138 Å². The average molecular weight is 388 g/mol. The zero-order chi connectivity index (χ0) is 14.4. The Balaban J connectivity index is 2.43.